The molecule has 0 unspecified atom stereocenters. The first kappa shape index (κ1) is 15.6. The third kappa shape index (κ3) is 3.31. The Hall–Kier alpha value is -2.95. The van der Waals surface area contributed by atoms with E-state index in [1.54, 1.807) is 12.1 Å². The molecule has 0 fully saturated rings. The molecule has 1 atom stereocenters. The van der Waals surface area contributed by atoms with Crippen LogP contribution >= 0.6 is 0 Å². The molecule has 0 radical (unpaired) electrons. The molecule has 1 aromatic heterocycles. The van der Waals surface area contributed by atoms with Crippen LogP contribution in [0.3, 0.4) is 0 Å². The Morgan fingerprint density at radius 3 is 2.60 bits per heavy atom. The van der Waals surface area contributed by atoms with Crippen LogP contribution in [0.5, 0.6) is 0 Å². The van der Waals surface area contributed by atoms with Gasteiger partial charge in [0.1, 0.15) is 17.3 Å². The number of aromatic amines is 1. The average molecular weight is 335 g/mol. The van der Waals surface area contributed by atoms with E-state index in [9.17, 15) is 9.18 Å². The van der Waals surface area contributed by atoms with E-state index in [2.05, 4.69) is 15.3 Å². The summed E-state index contributed by atoms with van der Waals surface area (Å²) < 4.78 is 13.2. The van der Waals surface area contributed by atoms with E-state index in [0.29, 0.717) is 25.1 Å². The third-order valence-electron chi connectivity index (χ3n) is 4.56. The van der Waals surface area contributed by atoms with E-state index in [1.165, 1.54) is 12.1 Å². The summed E-state index contributed by atoms with van der Waals surface area (Å²) in [5.74, 6) is 0.464. The molecule has 0 saturated carbocycles. The lowest BCUT2D eigenvalue weighted by Gasteiger charge is -2.14. The molecule has 1 aliphatic heterocycles. The molecule has 126 valence electrons. The van der Waals surface area contributed by atoms with Gasteiger partial charge in [-0.25, -0.2) is 9.37 Å². The van der Waals surface area contributed by atoms with Crippen molar-refractivity contribution in [1.29, 1.82) is 0 Å². The number of imidazole rings is 1. The summed E-state index contributed by atoms with van der Waals surface area (Å²) >= 11 is 0. The average Bonchev–Trinajstić information content (AvgIpc) is 2.95. The summed E-state index contributed by atoms with van der Waals surface area (Å²) in [6.07, 6.45) is 1.32. The summed E-state index contributed by atoms with van der Waals surface area (Å²) in [7, 11) is 0. The van der Waals surface area contributed by atoms with Gasteiger partial charge >= 0.3 is 0 Å². The predicted octanol–water partition coefficient (Wildman–Crippen LogP) is 3.21. The normalized spacial score (nSPS) is 16.8. The van der Waals surface area contributed by atoms with E-state index >= 15 is 0 Å². The van der Waals surface area contributed by atoms with Crippen LogP contribution in [-0.4, -0.2) is 22.4 Å². The Balaban J connectivity index is 1.61. The summed E-state index contributed by atoms with van der Waals surface area (Å²) in [5.41, 5.74) is 3.46. The van der Waals surface area contributed by atoms with Gasteiger partial charge in [-0.15, -0.1) is 0 Å². The van der Waals surface area contributed by atoms with Gasteiger partial charge in [-0.2, -0.15) is 0 Å². The Bertz CT molecular complexity index is 887. The lowest BCUT2D eigenvalue weighted by molar-refractivity contribution is 0.0950. The van der Waals surface area contributed by atoms with Crippen molar-refractivity contribution in [3.63, 3.8) is 0 Å². The number of hydrogen-bond acceptors (Lipinski definition) is 2. The zero-order valence-electron chi connectivity index (χ0n) is 13.6. The maximum atomic E-state index is 13.2. The fourth-order valence-corrected chi connectivity index (χ4v) is 3.26. The molecule has 0 bridgehead atoms. The monoisotopic (exact) mass is 335 g/mol. The highest BCUT2D eigenvalue weighted by Gasteiger charge is 2.26. The van der Waals surface area contributed by atoms with E-state index < -0.39 is 0 Å². The number of nitrogens with zero attached hydrogens (tertiary/aromatic N) is 1. The van der Waals surface area contributed by atoms with Crippen LogP contribution in [0, 0.1) is 5.82 Å². The largest absolute Gasteiger partial charge is 0.350 e. The maximum absolute atomic E-state index is 13.2. The molecule has 1 amide bonds. The summed E-state index contributed by atoms with van der Waals surface area (Å²) in [4.78, 5) is 20.2. The molecule has 2 heterocycles. The van der Waals surface area contributed by atoms with Gasteiger partial charge in [-0.1, -0.05) is 42.5 Å². The quantitative estimate of drug-likeness (QED) is 0.772. The minimum Gasteiger partial charge on any atom is -0.350 e. The first-order valence-corrected chi connectivity index (χ1v) is 8.34. The highest BCUT2D eigenvalue weighted by molar-refractivity contribution is 5.94. The van der Waals surface area contributed by atoms with Crippen molar-refractivity contribution in [2.75, 3.05) is 6.54 Å². The van der Waals surface area contributed by atoms with E-state index in [0.717, 1.165) is 22.6 Å². The molecule has 3 aromatic rings. The van der Waals surface area contributed by atoms with Gasteiger partial charge in [0.25, 0.3) is 5.91 Å². The molecule has 5 heteroatoms. The number of rotatable bonds is 3. The van der Waals surface area contributed by atoms with Crippen molar-refractivity contribution >= 4 is 5.91 Å². The topological polar surface area (TPSA) is 57.8 Å². The van der Waals surface area contributed by atoms with Crippen molar-refractivity contribution in [2.45, 2.75) is 18.8 Å². The van der Waals surface area contributed by atoms with Crippen molar-refractivity contribution in [3.8, 4) is 0 Å². The van der Waals surface area contributed by atoms with Crippen molar-refractivity contribution in [2.24, 2.45) is 0 Å². The van der Waals surface area contributed by atoms with E-state index in [1.807, 2.05) is 30.3 Å². The predicted molar refractivity (Wildman–Crippen MR) is 93.0 cm³/mol. The van der Waals surface area contributed by atoms with Gasteiger partial charge in [-0.05, 0) is 29.7 Å². The summed E-state index contributed by atoms with van der Waals surface area (Å²) in [5, 5.41) is 2.93. The van der Waals surface area contributed by atoms with Crippen LogP contribution in [-0.2, 0) is 12.8 Å². The Morgan fingerprint density at radius 2 is 1.84 bits per heavy atom. The molecule has 2 aromatic carbocycles. The third-order valence-corrected chi connectivity index (χ3v) is 4.56. The zero-order chi connectivity index (χ0) is 17.2. The first-order valence-electron chi connectivity index (χ1n) is 8.34. The van der Waals surface area contributed by atoms with Gasteiger partial charge in [-0.3, -0.25) is 4.79 Å². The number of amides is 1. The van der Waals surface area contributed by atoms with Crippen LogP contribution < -0.4 is 5.32 Å². The number of aromatic nitrogens is 2. The standard InChI is InChI=1S/C20H18FN3O/c21-16-8-6-14(7-9-16)15-11-17-19(20(25)22-12-15)24-18(23-17)10-13-4-2-1-3-5-13/h1-9,15H,10-12H2,(H,22,25)(H,23,24)/t15-/m0/s1. The molecule has 4 nitrogen and oxygen atoms in total. The Morgan fingerprint density at radius 1 is 1.08 bits per heavy atom. The lowest BCUT2D eigenvalue weighted by Crippen LogP contribution is -2.26. The molecule has 0 spiro atoms. The molecular formula is C20H18FN3O. The highest BCUT2D eigenvalue weighted by Crippen LogP contribution is 2.25. The van der Waals surface area contributed by atoms with Crippen LogP contribution in [0.2, 0.25) is 0 Å². The fourth-order valence-electron chi connectivity index (χ4n) is 3.26. The molecule has 1 aliphatic rings. The van der Waals surface area contributed by atoms with E-state index in [4.69, 9.17) is 0 Å². The number of H-pyrrole nitrogens is 1. The van der Waals surface area contributed by atoms with Gasteiger partial charge in [0.05, 0.1) is 0 Å². The highest BCUT2D eigenvalue weighted by atomic mass is 19.1. The van der Waals surface area contributed by atoms with Gasteiger partial charge in [0.15, 0.2) is 0 Å². The second-order valence-corrected chi connectivity index (χ2v) is 6.34. The van der Waals surface area contributed by atoms with E-state index in [-0.39, 0.29) is 17.6 Å². The number of fused-ring (bicyclic) bond motifs is 1. The minimum atomic E-state index is -0.256. The van der Waals surface area contributed by atoms with Crippen molar-refractivity contribution in [3.05, 3.63) is 88.8 Å². The van der Waals surface area contributed by atoms with Gasteiger partial charge < -0.3 is 10.3 Å². The van der Waals surface area contributed by atoms with Crippen molar-refractivity contribution < 1.29 is 9.18 Å². The van der Waals surface area contributed by atoms with Crippen molar-refractivity contribution in [1.82, 2.24) is 15.3 Å². The van der Waals surface area contributed by atoms with Crippen LogP contribution in [0.25, 0.3) is 0 Å². The molecule has 2 N–H and O–H groups in total. The molecule has 0 saturated heterocycles. The van der Waals surface area contributed by atoms with Crippen LogP contribution in [0.1, 0.15) is 39.1 Å². The smallest absolute Gasteiger partial charge is 0.271 e. The van der Waals surface area contributed by atoms with Gasteiger partial charge in [0.2, 0.25) is 0 Å². The van der Waals surface area contributed by atoms with Crippen LogP contribution in [0.15, 0.2) is 54.6 Å². The number of carbonyl (C=O) groups is 1. The SMILES string of the molecule is O=C1NC[C@@H](c2ccc(F)cc2)Cc2[nH]c(Cc3ccccc3)nc21. The second-order valence-electron chi connectivity index (χ2n) is 6.34. The Kier molecular flexibility index (Phi) is 4.06. The molecule has 25 heavy (non-hydrogen) atoms. The van der Waals surface area contributed by atoms with Crippen LogP contribution in [0.4, 0.5) is 4.39 Å². The van der Waals surface area contributed by atoms with Gasteiger partial charge in [0, 0.05) is 24.6 Å². The Labute approximate surface area is 145 Å². The number of benzene rings is 2. The maximum Gasteiger partial charge on any atom is 0.271 e. The fraction of sp³-hybridized carbons (Fsp3) is 0.200. The lowest BCUT2D eigenvalue weighted by atomic mass is 9.94. The molecule has 4 rings (SSSR count). The number of halogens is 1. The number of nitrogens with one attached hydrogen (secondary N) is 2. The molecular weight excluding hydrogens is 317 g/mol. The number of carbonyl (C=O) groups excluding carboxylic acids is 1. The number of hydrogen-bond donors (Lipinski definition) is 2. The summed E-state index contributed by atoms with van der Waals surface area (Å²) in [6.45, 7) is 0.517. The first-order chi connectivity index (χ1) is 12.2. The zero-order valence-corrected chi connectivity index (χ0v) is 13.6. The summed E-state index contributed by atoms with van der Waals surface area (Å²) in [6, 6.07) is 16.5. The molecule has 0 aliphatic carbocycles. The second kappa shape index (κ2) is 6.51. The minimum absolute atomic E-state index is 0.0934.